The van der Waals surface area contributed by atoms with Gasteiger partial charge in [0.15, 0.2) is 0 Å². The number of hydrogen-bond acceptors (Lipinski definition) is 1. The van der Waals surface area contributed by atoms with E-state index in [1.54, 1.807) is 0 Å². The standard InChI is InChI=1S/C16H34NO.ClH/c1-5-6-7-8-9-10-11-12-13-15(16-14-18-16)17(2,3)4;/h15-16H,5-14H2,1-4H3;1H/q+1;/p-1. The molecule has 1 fully saturated rings. The highest BCUT2D eigenvalue weighted by Gasteiger charge is 2.40. The Morgan fingerprint density at radius 1 is 0.947 bits per heavy atom. The van der Waals surface area contributed by atoms with Crippen LogP contribution in [0.25, 0.3) is 0 Å². The summed E-state index contributed by atoms with van der Waals surface area (Å²) in [5.41, 5.74) is 0. The molecule has 0 N–H and O–H groups in total. The average molecular weight is 292 g/mol. The minimum atomic E-state index is 0. The molecule has 0 amide bonds. The van der Waals surface area contributed by atoms with Crippen LogP contribution < -0.4 is 12.4 Å². The van der Waals surface area contributed by atoms with Gasteiger partial charge in [-0.3, -0.25) is 0 Å². The lowest BCUT2D eigenvalue weighted by molar-refractivity contribution is -0.897. The van der Waals surface area contributed by atoms with Gasteiger partial charge in [-0.15, -0.1) is 0 Å². The van der Waals surface area contributed by atoms with Crippen LogP contribution in [0.5, 0.6) is 0 Å². The molecule has 1 aliphatic rings. The van der Waals surface area contributed by atoms with Gasteiger partial charge in [-0.25, -0.2) is 0 Å². The highest BCUT2D eigenvalue weighted by atomic mass is 35.5. The molecule has 0 aliphatic carbocycles. The first-order chi connectivity index (χ1) is 8.55. The molecular weight excluding hydrogens is 258 g/mol. The summed E-state index contributed by atoms with van der Waals surface area (Å²) >= 11 is 0. The van der Waals surface area contributed by atoms with E-state index in [0.29, 0.717) is 12.1 Å². The van der Waals surface area contributed by atoms with Crippen LogP contribution in [0, 0.1) is 0 Å². The van der Waals surface area contributed by atoms with Gasteiger partial charge in [0, 0.05) is 6.42 Å². The first kappa shape index (κ1) is 19.2. The van der Waals surface area contributed by atoms with Gasteiger partial charge in [-0.2, -0.15) is 0 Å². The van der Waals surface area contributed by atoms with Gasteiger partial charge in [0.1, 0.15) is 12.1 Å². The number of ether oxygens (including phenoxy) is 1. The van der Waals surface area contributed by atoms with Crippen molar-refractivity contribution in [3.05, 3.63) is 0 Å². The Balaban J connectivity index is 0.00000324. The highest BCUT2D eigenvalue weighted by Crippen LogP contribution is 2.26. The van der Waals surface area contributed by atoms with Crippen molar-refractivity contribution < 1.29 is 21.6 Å². The minimum Gasteiger partial charge on any atom is -1.00 e. The Labute approximate surface area is 126 Å². The smallest absolute Gasteiger partial charge is 0.132 e. The molecule has 2 nitrogen and oxygen atoms in total. The maximum Gasteiger partial charge on any atom is 0.132 e. The monoisotopic (exact) mass is 291 g/mol. The van der Waals surface area contributed by atoms with Crippen LogP contribution in [0.15, 0.2) is 0 Å². The summed E-state index contributed by atoms with van der Waals surface area (Å²) in [7, 11) is 6.91. The van der Waals surface area contributed by atoms with Crippen molar-refractivity contribution in [3.8, 4) is 0 Å². The quantitative estimate of drug-likeness (QED) is 0.314. The molecule has 116 valence electrons. The summed E-state index contributed by atoms with van der Waals surface area (Å²) in [6, 6.07) is 0.713. The van der Waals surface area contributed by atoms with Crippen molar-refractivity contribution in [3.63, 3.8) is 0 Å². The van der Waals surface area contributed by atoms with E-state index in [9.17, 15) is 0 Å². The zero-order valence-electron chi connectivity index (χ0n) is 13.5. The van der Waals surface area contributed by atoms with Crippen LogP contribution in [-0.2, 0) is 4.74 Å². The molecule has 1 rings (SSSR count). The summed E-state index contributed by atoms with van der Waals surface area (Å²) in [5.74, 6) is 0. The van der Waals surface area contributed by atoms with E-state index in [2.05, 4.69) is 28.1 Å². The Morgan fingerprint density at radius 3 is 1.84 bits per heavy atom. The normalized spacial score (nSPS) is 19.9. The summed E-state index contributed by atoms with van der Waals surface area (Å²) < 4.78 is 6.56. The van der Waals surface area contributed by atoms with Crippen molar-refractivity contribution in [1.29, 1.82) is 0 Å². The molecule has 0 bridgehead atoms. The topological polar surface area (TPSA) is 12.5 Å². The lowest BCUT2D eigenvalue weighted by Gasteiger charge is -2.33. The first-order valence-corrected chi connectivity index (χ1v) is 7.98. The number of rotatable bonds is 11. The zero-order chi connectivity index (χ0) is 13.4. The number of nitrogens with zero attached hydrogens (tertiary/aromatic N) is 1. The molecule has 0 aromatic rings. The number of epoxide rings is 1. The van der Waals surface area contributed by atoms with Gasteiger partial charge < -0.3 is 21.6 Å². The minimum absolute atomic E-state index is 0. The summed E-state index contributed by atoms with van der Waals surface area (Å²) in [6.45, 7) is 3.28. The SMILES string of the molecule is CCCCCCCCCCC(C1CO1)[N+](C)(C)C.[Cl-]. The van der Waals surface area contributed by atoms with E-state index in [-0.39, 0.29) is 12.4 Å². The van der Waals surface area contributed by atoms with Crippen molar-refractivity contribution in [2.24, 2.45) is 0 Å². The Kier molecular flexibility index (Phi) is 10.1. The van der Waals surface area contributed by atoms with Crippen LogP contribution in [0.2, 0.25) is 0 Å². The fraction of sp³-hybridized carbons (Fsp3) is 1.00. The van der Waals surface area contributed by atoms with Crippen LogP contribution in [0.3, 0.4) is 0 Å². The van der Waals surface area contributed by atoms with Crippen LogP contribution in [-0.4, -0.2) is 44.4 Å². The van der Waals surface area contributed by atoms with Crippen LogP contribution in [0.1, 0.15) is 64.7 Å². The van der Waals surface area contributed by atoms with Crippen molar-refractivity contribution in [2.75, 3.05) is 27.7 Å². The average Bonchev–Trinajstić information content (AvgIpc) is 3.09. The summed E-state index contributed by atoms with van der Waals surface area (Å²) in [4.78, 5) is 0. The Bertz CT molecular complexity index is 211. The lowest BCUT2D eigenvalue weighted by atomic mass is 10.0. The summed E-state index contributed by atoms with van der Waals surface area (Å²) in [6.07, 6.45) is 13.2. The van der Waals surface area contributed by atoms with Crippen molar-refractivity contribution in [1.82, 2.24) is 0 Å². The molecule has 0 radical (unpaired) electrons. The summed E-state index contributed by atoms with van der Waals surface area (Å²) in [5, 5.41) is 0. The van der Waals surface area contributed by atoms with Crippen LogP contribution in [0.4, 0.5) is 0 Å². The fourth-order valence-electron chi connectivity index (χ4n) is 2.84. The third kappa shape index (κ3) is 8.88. The predicted octanol–water partition coefficient (Wildman–Crippen LogP) is 0.995. The van der Waals surface area contributed by atoms with E-state index in [0.717, 1.165) is 11.1 Å². The van der Waals surface area contributed by atoms with Crippen molar-refractivity contribution in [2.45, 2.75) is 76.9 Å². The molecule has 0 spiro atoms. The molecule has 1 saturated heterocycles. The van der Waals surface area contributed by atoms with E-state index in [1.165, 1.54) is 57.8 Å². The number of quaternary nitrogens is 1. The van der Waals surface area contributed by atoms with Crippen molar-refractivity contribution >= 4 is 0 Å². The molecule has 2 atom stereocenters. The molecule has 3 heteroatoms. The second kappa shape index (κ2) is 10.0. The largest absolute Gasteiger partial charge is 1.00 e. The van der Waals surface area contributed by atoms with Gasteiger partial charge in [-0.1, -0.05) is 51.9 Å². The zero-order valence-corrected chi connectivity index (χ0v) is 14.2. The maximum absolute atomic E-state index is 5.50. The van der Waals surface area contributed by atoms with Gasteiger partial charge in [0.05, 0.1) is 27.7 Å². The van der Waals surface area contributed by atoms with E-state index in [4.69, 9.17) is 4.74 Å². The first-order valence-electron chi connectivity index (χ1n) is 7.98. The van der Waals surface area contributed by atoms with Gasteiger partial charge in [-0.05, 0) is 6.42 Å². The third-order valence-corrected chi connectivity index (χ3v) is 4.14. The highest BCUT2D eigenvalue weighted by molar-refractivity contribution is 4.79. The molecule has 2 unspecified atom stereocenters. The number of unbranched alkanes of at least 4 members (excludes halogenated alkanes) is 7. The second-order valence-corrected chi connectivity index (χ2v) is 6.82. The third-order valence-electron chi connectivity index (χ3n) is 4.14. The van der Waals surface area contributed by atoms with E-state index < -0.39 is 0 Å². The molecule has 19 heavy (non-hydrogen) atoms. The predicted molar refractivity (Wildman–Crippen MR) is 78.8 cm³/mol. The molecule has 0 saturated carbocycles. The molecule has 1 aliphatic heterocycles. The number of hydrogen-bond donors (Lipinski definition) is 0. The molecule has 1 heterocycles. The Hall–Kier alpha value is 0.210. The lowest BCUT2D eigenvalue weighted by Crippen LogP contribution is -3.00. The molecule has 0 aromatic heterocycles. The van der Waals surface area contributed by atoms with E-state index in [1.807, 2.05) is 0 Å². The number of halogens is 1. The molecule has 0 aromatic carbocycles. The van der Waals surface area contributed by atoms with Crippen LogP contribution >= 0.6 is 0 Å². The van der Waals surface area contributed by atoms with Gasteiger partial charge >= 0.3 is 0 Å². The number of likely N-dealkylation sites (N-methyl/N-ethyl adjacent to an activating group) is 1. The molecular formula is C16H34ClNO. The fourth-order valence-corrected chi connectivity index (χ4v) is 2.84. The Morgan fingerprint density at radius 2 is 1.42 bits per heavy atom. The second-order valence-electron chi connectivity index (χ2n) is 6.82. The van der Waals surface area contributed by atoms with E-state index >= 15 is 0 Å². The maximum atomic E-state index is 5.50. The van der Waals surface area contributed by atoms with Gasteiger partial charge in [0.25, 0.3) is 0 Å². The van der Waals surface area contributed by atoms with Gasteiger partial charge in [0.2, 0.25) is 0 Å².